The molecule has 0 radical (unpaired) electrons. The number of hydrogen-bond donors (Lipinski definition) is 4. The van der Waals surface area contributed by atoms with Gasteiger partial charge in [-0.2, -0.15) is 0 Å². The van der Waals surface area contributed by atoms with Gasteiger partial charge < -0.3 is 26.6 Å². The molecule has 1 aromatic carbocycles. The Labute approximate surface area is 218 Å². The number of fused-ring (bicyclic) bond motifs is 1. The van der Waals surface area contributed by atoms with Gasteiger partial charge >= 0.3 is 6.03 Å². The fraction of sp³-hybridized carbons (Fsp3) is 0.593. The zero-order valence-electron chi connectivity index (χ0n) is 22.1. The zero-order chi connectivity index (χ0) is 27.3. The van der Waals surface area contributed by atoms with E-state index in [1.54, 1.807) is 0 Å². The molecule has 37 heavy (non-hydrogen) atoms. The summed E-state index contributed by atoms with van der Waals surface area (Å²) in [6.45, 7) is 7.76. The summed E-state index contributed by atoms with van der Waals surface area (Å²) < 4.78 is 0. The van der Waals surface area contributed by atoms with Gasteiger partial charge in [0.25, 0.3) is 5.91 Å². The van der Waals surface area contributed by atoms with Gasteiger partial charge in [-0.3, -0.25) is 19.2 Å². The number of ketones is 1. The molecule has 0 aromatic heterocycles. The molecular formula is C27H39N5O5. The SMILES string of the molecule is CCCC(NC(=O)[C@@H]1CCCN1C(=O)[C@@H](NC(=O)NC(C)(C)C)C1Cc2ccccc2C1)C(=O)C(N)=O. The van der Waals surface area contributed by atoms with E-state index in [9.17, 15) is 24.0 Å². The lowest BCUT2D eigenvalue weighted by molar-refractivity contribution is -0.142. The van der Waals surface area contributed by atoms with E-state index in [2.05, 4.69) is 16.0 Å². The molecule has 1 aliphatic heterocycles. The number of rotatable bonds is 9. The minimum Gasteiger partial charge on any atom is -0.363 e. The summed E-state index contributed by atoms with van der Waals surface area (Å²) in [4.78, 5) is 65.1. The van der Waals surface area contributed by atoms with Crippen molar-refractivity contribution < 1.29 is 24.0 Å². The number of hydrogen-bond acceptors (Lipinski definition) is 5. The normalized spacial score (nSPS) is 19.0. The van der Waals surface area contributed by atoms with Gasteiger partial charge in [-0.1, -0.05) is 37.6 Å². The van der Waals surface area contributed by atoms with E-state index in [0.717, 1.165) is 11.1 Å². The van der Waals surface area contributed by atoms with E-state index in [1.807, 2.05) is 52.0 Å². The summed E-state index contributed by atoms with van der Waals surface area (Å²) in [6.07, 6.45) is 3.14. The molecule has 2 aliphatic rings. The van der Waals surface area contributed by atoms with Gasteiger partial charge in [-0.25, -0.2) is 4.79 Å². The number of carbonyl (C=O) groups is 5. The highest BCUT2D eigenvalue weighted by Gasteiger charge is 2.43. The highest BCUT2D eigenvalue weighted by molar-refractivity contribution is 6.37. The van der Waals surface area contributed by atoms with Gasteiger partial charge in [-0.05, 0) is 69.9 Å². The molecule has 1 fully saturated rings. The Balaban J connectivity index is 1.80. The molecule has 1 aromatic rings. The topological polar surface area (TPSA) is 151 Å². The van der Waals surface area contributed by atoms with Crippen LogP contribution in [0, 0.1) is 5.92 Å². The van der Waals surface area contributed by atoms with Crippen LogP contribution in [0.1, 0.15) is 64.5 Å². The van der Waals surface area contributed by atoms with Gasteiger partial charge in [0.15, 0.2) is 0 Å². The second-order valence-electron chi connectivity index (χ2n) is 11.0. The minimum absolute atomic E-state index is 0.163. The maximum atomic E-state index is 13.9. The van der Waals surface area contributed by atoms with Crippen molar-refractivity contribution in [3.63, 3.8) is 0 Å². The molecule has 1 heterocycles. The Morgan fingerprint density at radius 3 is 2.22 bits per heavy atom. The van der Waals surface area contributed by atoms with Gasteiger partial charge in [0.1, 0.15) is 12.1 Å². The first-order valence-corrected chi connectivity index (χ1v) is 13.0. The summed E-state index contributed by atoms with van der Waals surface area (Å²) in [5.41, 5.74) is 6.95. The molecule has 1 unspecified atom stereocenters. The molecule has 10 heteroatoms. The number of Topliss-reactive ketones (excluding diaryl/α,β-unsaturated/α-hetero) is 1. The van der Waals surface area contributed by atoms with Crippen molar-refractivity contribution in [3.05, 3.63) is 35.4 Å². The van der Waals surface area contributed by atoms with Crippen LogP contribution in [0.5, 0.6) is 0 Å². The highest BCUT2D eigenvalue weighted by Crippen LogP contribution is 2.31. The predicted molar refractivity (Wildman–Crippen MR) is 138 cm³/mol. The van der Waals surface area contributed by atoms with Crippen LogP contribution in [0.15, 0.2) is 24.3 Å². The van der Waals surface area contributed by atoms with Crippen molar-refractivity contribution in [1.82, 2.24) is 20.9 Å². The van der Waals surface area contributed by atoms with Crippen molar-refractivity contribution >= 4 is 29.5 Å². The van der Waals surface area contributed by atoms with Gasteiger partial charge in [0.05, 0.1) is 6.04 Å². The van der Waals surface area contributed by atoms with Crippen molar-refractivity contribution in [3.8, 4) is 0 Å². The molecule has 5 amide bonds. The number of nitrogens with two attached hydrogens (primary N) is 1. The third kappa shape index (κ3) is 7.08. The molecular weight excluding hydrogens is 474 g/mol. The molecule has 1 aliphatic carbocycles. The van der Waals surface area contributed by atoms with Crippen LogP contribution in [0.3, 0.4) is 0 Å². The van der Waals surface area contributed by atoms with Crippen LogP contribution < -0.4 is 21.7 Å². The number of carbonyl (C=O) groups excluding carboxylic acids is 5. The van der Waals surface area contributed by atoms with Crippen LogP contribution in [0.4, 0.5) is 4.79 Å². The fourth-order valence-corrected chi connectivity index (χ4v) is 5.21. The average Bonchev–Trinajstić information content (AvgIpc) is 3.47. The maximum Gasteiger partial charge on any atom is 0.315 e. The predicted octanol–water partition coefficient (Wildman–Crippen LogP) is 1.20. The molecule has 3 rings (SSSR count). The molecule has 5 N–H and O–H groups in total. The van der Waals surface area contributed by atoms with E-state index in [0.29, 0.717) is 38.6 Å². The third-order valence-corrected chi connectivity index (χ3v) is 6.89. The number of benzene rings is 1. The average molecular weight is 514 g/mol. The Morgan fingerprint density at radius 1 is 1.05 bits per heavy atom. The summed E-state index contributed by atoms with van der Waals surface area (Å²) in [5.74, 6) is -2.94. The quantitative estimate of drug-likeness (QED) is 0.366. The Morgan fingerprint density at radius 2 is 1.68 bits per heavy atom. The van der Waals surface area contributed by atoms with Crippen molar-refractivity contribution in [2.75, 3.05) is 6.54 Å². The first-order chi connectivity index (χ1) is 17.4. The molecule has 10 nitrogen and oxygen atoms in total. The first-order valence-electron chi connectivity index (χ1n) is 13.0. The van der Waals surface area contributed by atoms with Crippen LogP contribution in [0.25, 0.3) is 0 Å². The van der Waals surface area contributed by atoms with E-state index >= 15 is 0 Å². The van der Waals surface area contributed by atoms with Gasteiger partial charge in [0.2, 0.25) is 17.6 Å². The van der Waals surface area contributed by atoms with Crippen LogP contribution in [0.2, 0.25) is 0 Å². The van der Waals surface area contributed by atoms with Crippen molar-refractivity contribution in [2.24, 2.45) is 11.7 Å². The largest absolute Gasteiger partial charge is 0.363 e. The third-order valence-electron chi connectivity index (χ3n) is 6.89. The van der Waals surface area contributed by atoms with Crippen molar-refractivity contribution in [2.45, 2.75) is 89.9 Å². The lowest BCUT2D eigenvalue weighted by Crippen LogP contribution is -2.59. The number of amides is 5. The first kappa shape index (κ1) is 28.1. The van der Waals surface area contributed by atoms with Crippen LogP contribution in [-0.2, 0) is 32.0 Å². The molecule has 202 valence electrons. The number of nitrogens with zero attached hydrogens (tertiary/aromatic N) is 1. The summed E-state index contributed by atoms with van der Waals surface area (Å²) in [7, 11) is 0. The van der Waals surface area contributed by atoms with E-state index < -0.39 is 47.3 Å². The lowest BCUT2D eigenvalue weighted by Gasteiger charge is -2.33. The highest BCUT2D eigenvalue weighted by atomic mass is 16.2. The molecule has 3 atom stereocenters. The lowest BCUT2D eigenvalue weighted by atomic mass is 9.94. The second-order valence-corrected chi connectivity index (χ2v) is 11.0. The van der Waals surface area contributed by atoms with Gasteiger partial charge in [-0.15, -0.1) is 0 Å². The molecule has 1 saturated heterocycles. The van der Waals surface area contributed by atoms with Crippen LogP contribution in [-0.4, -0.2) is 64.6 Å². The minimum atomic E-state index is -1.10. The molecule has 0 saturated carbocycles. The standard InChI is InChI=1S/C27H39N5O5/c1-5-9-19(22(33)23(28)34)29-24(35)20-12-8-13-32(20)25(36)21(30-26(37)31-27(2,3)4)18-14-16-10-6-7-11-17(16)15-18/h6-7,10-11,18-21H,5,8-9,12-15H2,1-4H3,(H2,28,34)(H,29,35)(H2,30,31,37)/t19?,20-,21-/m0/s1. The van der Waals surface area contributed by atoms with E-state index in [4.69, 9.17) is 5.73 Å². The number of urea groups is 1. The second kappa shape index (κ2) is 11.7. The number of nitrogens with one attached hydrogen (secondary N) is 3. The van der Waals surface area contributed by atoms with Crippen LogP contribution >= 0.6 is 0 Å². The summed E-state index contributed by atoms with van der Waals surface area (Å²) in [6, 6.07) is 4.87. The van der Waals surface area contributed by atoms with Crippen molar-refractivity contribution in [1.29, 1.82) is 0 Å². The monoisotopic (exact) mass is 513 g/mol. The number of primary amides is 1. The van der Waals surface area contributed by atoms with E-state index in [-0.39, 0.29) is 18.2 Å². The summed E-state index contributed by atoms with van der Waals surface area (Å²) >= 11 is 0. The smallest absolute Gasteiger partial charge is 0.315 e. The Kier molecular flexibility index (Phi) is 8.94. The maximum absolute atomic E-state index is 13.9. The van der Waals surface area contributed by atoms with E-state index in [1.165, 1.54) is 4.90 Å². The zero-order valence-corrected chi connectivity index (χ0v) is 22.1. The number of likely N-dealkylation sites (tertiary alicyclic amines) is 1. The van der Waals surface area contributed by atoms with Gasteiger partial charge in [0, 0.05) is 12.1 Å². The Hall–Kier alpha value is -3.43. The summed E-state index contributed by atoms with van der Waals surface area (Å²) in [5, 5.41) is 8.39. The molecule has 0 spiro atoms. The Bertz CT molecular complexity index is 1020. The fourth-order valence-electron chi connectivity index (χ4n) is 5.21. The molecule has 0 bridgehead atoms.